The van der Waals surface area contributed by atoms with E-state index in [2.05, 4.69) is 20.8 Å². The highest BCUT2D eigenvalue weighted by Crippen LogP contribution is 2.72. The lowest BCUT2D eigenvalue weighted by Gasteiger charge is -2.52. The zero-order valence-electron chi connectivity index (χ0n) is 19.1. The predicted octanol–water partition coefficient (Wildman–Crippen LogP) is 3.75. The number of carbonyl (C=O) groups is 2. The molecule has 5 nitrogen and oxygen atoms in total. The molecule has 4 saturated carbocycles. The number of aldehydes is 1. The van der Waals surface area contributed by atoms with Crippen LogP contribution in [0.3, 0.4) is 0 Å². The van der Waals surface area contributed by atoms with Crippen LogP contribution >= 0.6 is 0 Å². The molecule has 0 aliphatic heterocycles. The minimum absolute atomic E-state index is 0.139. The maximum absolute atomic E-state index is 12.4. The highest BCUT2D eigenvalue weighted by molar-refractivity contribution is 5.69. The average molecular weight is 421 g/mol. The van der Waals surface area contributed by atoms with Gasteiger partial charge in [-0.25, -0.2) is 0 Å². The summed E-state index contributed by atoms with van der Waals surface area (Å²) >= 11 is 0. The third-order valence-corrected chi connectivity index (χ3v) is 10.6. The third-order valence-electron chi connectivity index (χ3n) is 10.6. The van der Waals surface area contributed by atoms with E-state index in [-0.39, 0.29) is 28.6 Å². The molecule has 4 fully saturated rings. The van der Waals surface area contributed by atoms with E-state index in [4.69, 9.17) is 4.74 Å². The second kappa shape index (κ2) is 7.58. The Hall–Kier alpha value is -0.940. The highest BCUT2D eigenvalue weighted by Gasteiger charge is 2.72. The molecule has 0 amide bonds. The van der Waals surface area contributed by atoms with E-state index in [1.165, 1.54) is 7.11 Å². The van der Waals surface area contributed by atoms with Gasteiger partial charge in [0.15, 0.2) is 0 Å². The van der Waals surface area contributed by atoms with Crippen LogP contribution in [0.15, 0.2) is 0 Å². The molecule has 30 heavy (non-hydrogen) atoms. The number of aliphatic hydroxyl groups excluding tert-OH is 1. The van der Waals surface area contributed by atoms with Gasteiger partial charge in [0.1, 0.15) is 6.29 Å². The maximum Gasteiger partial charge on any atom is 0.305 e. The minimum atomic E-state index is -1.08. The molecule has 0 heterocycles. The summed E-state index contributed by atoms with van der Waals surface area (Å²) < 4.78 is 4.84. The minimum Gasteiger partial charge on any atom is -0.469 e. The standard InChI is InChI=1S/C25H40O5/c1-15(5-8-21(28)30-4)17-6-7-18-22-19(10-11-23(17,18)2)24(3)12-9-16(27)13-25(24,29)20(22)14-26/h14-20,22,27,29H,5-13H2,1-4H3/t15-,16+,17-,18+,19+,20-,22+,23-,24-,25-/m1/s1. The molecule has 0 radical (unpaired) electrons. The number of esters is 1. The number of fused-ring (bicyclic) bond motifs is 5. The van der Waals surface area contributed by atoms with Crippen molar-refractivity contribution in [3.63, 3.8) is 0 Å². The van der Waals surface area contributed by atoms with Crippen molar-refractivity contribution in [1.29, 1.82) is 0 Å². The van der Waals surface area contributed by atoms with Crippen LogP contribution in [-0.4, -0.2) is 41.3 Å². The average Bonchev–Trinajstić information content (AvgIpc) is 3.15. The van der Waals surface area contributed by atoms with Crippen LogP contribution in [-0.2, 0) is 14.3 Å². The van der Waals surface area contributed by atoms with Crippen molar-refractivity contribution in [2.24, 2.45) is 46.3 Å². The summed E-state index contributed by atoms with van der Waals surface area (Å²) in [7, 11) is 1.45. The Bertz CT molecular complexity index is 693. The van der Waals surface area contributed by atoms with Gasteiger partial charge in [0, 0.05) is 24.2 Å². The van der Waals surface area contributed by atoms with E-state index in [0.29, 0.717) is 36.5 Å². The van der Waals surface area contributed by atoms with E-state index in [0.717, 1.165) is 51.2 Å². The Morgan fingerprint density at radius 2 is 1.90 bits per heavy atom. The number of rotatable bonds is 5. The second-order valence-electron chi connectivity index (χ2n) is 11.5. The van der Waals surface area contributed by atoms with Crippen LogP contribution in [0.1, 0.15) is 78.6 Å². The second-order valence-corrected chi connectivity index (χ2v) is 11.5. The van der Waals surface area contributed by atoms with Crippen LogP contribution in [0.5, 0.6) is 0 Å². The SMILES string of the molecule is COC(=O)CC[C@@H](C)[C@H]1CC[C@H]2[C@@H]3[C@@H](C=O)[C@]4(O)C[C@@H](O)CC[C@]4(C)[C@H]3CC[C@]12C. The van der Waals surface area contributed by atoms with E-state index in [1.54, 1.807) is 0 Å². The van der Waals surface area contributed by atoms with Crippen LogP contribution < -0.4 is 0 Å². The van der Waals surface area contributed by atoms with Gasteiger partial charge in [0.25, 0.3) is 0 Å². The number of aliphatic hydroxyl groups is 2. The number of carbonyl (C=O) groups excluding carboxylic acids is 2. The van der Waals surface area contributed by atoms with Crippen molar-refractivity contribution < 1.29 is 24.5 Å². The molecule has 0 bridgehead atoms. The van der Waals surface area contributed by atoms with Crippen LogP contribution in [0.25, 0.3) is 0 Å². The number of ether oxygens (including phenoxy) is 1. The van der Waals surface area contributed by atoms with Crippen molar-refractivity contribution in [3.8, 4) is 0 Å². The van der Waals surface area contributed by atoms with Gasteiger partial charge in [-0.2, -0.15) is 0 Å². The smallest absolute Gasteiger partial charge is 0.305 e. The van der Waals surface area contributed by atoms with Crippen molar-refractivity contribution in [3.05, 3.63) is 0 Å². The topological polar surface area (TPSA) is 83.8 Å². The Kier molecular flexibility index (Phi) is 5.63. The maximum atomic E-state index is 12.4. The van der Waals surface area contributed by atoms with Gasteiger partial charge in [-0.15, -0.1) is 0 Å². The van der Waals surface area contributed by atoms with Gasteiger partial charge in [0.05, 0.1) is 18.8 Å². The van der Waals surface area contributed by atoms with Gasteiger partial charge in [-0.05, 0) is 80.0 Å². The van der Waals surface area contributed by atoms with Crippen molar-refractivity contribution in [1.82, 2.24) is 0 Å². The van der Waals surface area contributed by atoms with E-state index in [9.17, 15) is 19.8 Å². The molecule has 5 heteroatoms. The highest BCUT2D eigenvalue weighted by atomic mass is 16.5. The Balaban J connectivity index is 1.61. The summed E-state index contributed by atoms with van der Waals surface area (Å²) in [5.41, 5.74) is -1.21. The van der Waals surface area contributed by atoms with Gasteiger partial charge in [-0.3, -0.25) is 4.79 Å². The number of hydrogen-bond donors (Lipinski definition) is 2. The van der Waals surface area contributed by atoms with Crippen LogP contribution in [0.2, 0.25) is 0 Å². The van der Waals surface area contributed by atoms with Gasteiger partial charge in [0.2, 0.25) is 0 Å². The monoisotopic (exact) mass is 420 g/mol. The quantitative estimate of drug-likeness (QED) is 0.523. The summed E-state index contributed by atoms with van der Waals surface area (Å²) in [6.07, 6.45) is 8.12. The first kappa shape index (κ1) is 22.3. The Morgan fingerprint density at radius 1 is 1.17 bits per heavy atom. The molecule has 0 spiro atoms. The van der Waals surface area contributed by atoms with Crippen molar-refractivity contribution >= 4 is 12.3 Å². The molecule has 4 aliphatic carbocycles. The number of hydrogen-bond acceptors (Lipinski definition) is 5. The molecule has 0 saturated heterocycles. The van der Waals surface area contributed by atoms with Gasteiger partial charge < -0.3 is 19.7 Å². The Labute approximate surface area is 180 Å². The third kappa shape index (κ3) is 2.94. The summed E-state index contributed by atoms with van der Waals surface area (Å²) in [6.45, 7) is 6.86. The first-order valence-corrected chi connectivity index (χ1v) is 12.0. The fraction of sp³-hybridized carbons (Fsp3) is 0.920. The summed E-state index contributed by atoms with van der Waals surface area (Å²) in [5.74, 6) is 1.45. The molecule has 2 N–H and O–H groups in total. The molecule has 0 unspecified atom stereocenters. The molecular weight excluding hydrogens is 380 g/mol. The van der Waals surface area contributed by atoms with E-state index < -0.39 is 11.7 Å². The van der Waals surface area contributed by atoms with E-state index in [1.807, 2.05) is 0 Å². The molecule has 4 aliphatic rings. The summed E-state index contributed by atoms with van der Waals surface area (Å²) in [4.78, 5) is 24.1. The molecule has 170 valence electrons. The fourth-order valence-electron chi connectivity index (χ4n) is 8.99. The zero-order valence-corrected chi connectivity index (χ0v) is 19.1. The van der Waals surface area contributed by atoms with Crippen LogP contribution in [0.4, 0.5) is 0 Å². The Morgan fingerprint density at radius 3 is 2.57 bits per heavy atom. The number of methoxy groups -OCH3 is 1. The fourth-order valence-corrected chi connectivity index (χ4v) is 8.99. The molecule has 10 atom stereocenters. The van der Waals surface area contributed by atoms with Crippen molar-refractivity contribution in [2.45, 2.75) is 90.3 Å². The lowest BCUT2D eigenvalue weighted by molar-refractivity contribution is -0.156. The molecule has 4 rings (SSSR count). The predicted molar refractivity (Wildman–Crippen MR) is 113 cm³/mol. The largest absolute Gasteiger partial charge is 0.469 e. The van der Waals surface area contributed by atoms with Gasteiger partial charge in [-0.1, -0.05) is 20.8 Å². The van der Waals surface area contributed by atoms with Crippen molar-refractivity contribution in [2.75, 3.05) is 7.11 Å². The summed E-state index contributed by atoms with van der Waals surface area (Å²) in [5, 5.41) is 22.2. The summed E-state index contributed by atoms with van der Waals surface area (Å²) in [6, 6.07) is 0. The van der Waals surface area contributed by atoms with E-state index >= 15 is 0 Å². The first-order chi connectivity index (χ1) is 14.1. The van der Waals surface area contributed by atoms with Crippen LogP contribution in [0, 0.1) is 46.3 Å². The molecule has 0 aromatic carbocycles. The lowest BCUT2D eigenvalue weighted by atomic mass is 9.53. The zero-order chi connectivity index (χ0) is 21.9. The molecule has 0 aromatic heterocycles. The first-order valence-electron chi connectivity index (χ1n) is 12.0. The molecular formula is C25H40O5. The normalized spacial score (nSPS) is 50.9. The lowest BCUT2D eigenvalue weighted by Crippen LogP contribution is -2.54. The van der Waals surface area contributed by atoms with Gasteiger partial charge >= 0.3 is 5.97 Å². The molecule has 0 aromatic rings.